The Balaban J connectivity index is 2.19. The summed E-state index contributed by atoms with van der Waals surface area (Å²) in [6, 6.07) is 17.4. The third kappa shape index (κ3) is 2.69. The summed E-state index contributed by atoms with van der Waals surface area (Å²) in [5.74, 6) is 0. The van der Waals surface area contributed by atoms with Gasteiger partial charge >= 0.3 is 0 Å². The lowest BCUT2D eigenvalue weighted by Crippen LogP contribution is -2.10. The highest BCUT2D eigenvalue weighted by Crippen LogP contribution is 2.30. The van der Waals surface area contributed by atoms with Gasteiger partial charge in [0, 0.05) is 17.1 Å². The van der Waals surface area contributed by atoms with E-state index < -0.39 is 0 Å². The van der Waals surface area contributed by atoms with Crippen LogP contribution in [-0.4, -0.2) is 4.98 Å². The van der Waals surface area contributed by atoms with Crippen LogP contribution in [0.25, 0.3) is 22.0 Å². The third-order valence-corrected chi connectivity index (χ3v) is 3.96. The molecule has 0 amide bonds. The van der Waals surface area contributed by atoms with Gasteiger partial charge in [-0.3, -0.25) is 4.98 Å². The predicted octanol–water partition coefficient (Wildman–Crippen LogP) is 5.51. The molecule has 21 heavy (non-hydrogen) atoms. The molecule has 1 heteroatoms. The molecule has 2 aromatic carbocycles. The maximum atomic E-state index is 4.60. The van der Waals surface area contributed by atoms with Crippen LogP contribution in [0, 0.1) is 6.92 Å². The summed E-state index contributed by atoms with van der Waals surface area (Å²) in [6.45, 7) is 8.85. The molecule has 1 nitrogen and oxygen atoms in total. The van der Waals surface area contributed by atoms with Gasteiger partial charge in [-0.15, -0.1) is 0 Å². The fraction of sp³-hybridized carbons (Fsp3) is 0.250. The largest absolute Gasteiger partial charge is 0.256 e. The predicted molar refractivity (Wildman–Crippen MR) is 90.6 cm³/mol. The minimum absolute atomic E-state index is 0.168. The second-order valence-corrected chi connectivity index (χ2v) is 6.71. The average Bonchev–Trinajstić information content (AvgIpc) is 2.46. The molecule has 0 saturated carbocycles. The highest BCUT2D eigenvalue weighted by molar-refractivity contribution is 5.94. The Hall–Kier alpha value is -2.15. The van der Waals surface area contributed by atoms with Gasteiger partial charge in [0.2, 0.25) is 0 Å². The van der Waals surface area contributed by atoms with Crippen LogP contribution in [0.4, 0.5) is 0 Å². The standard InChI is InChI=1S/C20H21N/c1-14-5-7-15(8-6-14)19-18-10-9-17(20(2,3)4)13-16(18)11-12-21-19/h5-13H,1-4H3. The van der Waals surface area contributed by atoms with Gasteiger partial charge in [-0.25, -0.2) is 0 Å². The van der Waals surface area contributed by atoms with E-state index in [-0.39, 0.29) is 5.41 Å². The Labute approximate surface area is 126 Å². The molecule has 0 N–H and O–H groups in total. The molecular formula is C20H21N. The average molecular weight is 275 g/mol. The van der Waals surface area contributed by atoms with E-state index in [1.807, 2.05) is 6.20 Å². The van der Waals surface area contributed by atoms with E-state index in [0.29, 0.717) is 0 Å². The summed E-state index contributed by atoms with van der Waals surface area (Å²) in [5.41, 5.74) is 5.04. The molecule has 0 fully saturated rings. The van der Waals surface area contributed by atoms with Gasteiger partial charge in [-0.2, -0.15) is 0 Å². The SMILES string of the molecule is Cc1ccc(-c2nccc3cc(C(C)(C)C)ccc23)cc1. The second kappa shape index (κ2) is 5.00. The van der Waals surface area contributed by atoms with E-state index in [1.165, 1.54) is 27.5 Å². The van der Waals surface area contributed by atoms with Crippen molar-refractivity contribution in [2.75, 3.05) is 0 Å². The van der Waals surface area contributed by atoms with E-state index in [1.54, 1.807) is 0 Å². The molecule has 0 saturated heterocycles. The Morgan fingerprint density at radius 2 is 1.57 bits per heavy atom. The van der Waals surface area contributed by atoms with Crippen LogP contribution in [0.1, 0.15) is 31.9 Å². The number of aromatic nitrogens is 1. The topological polar surface area (TPSA) is 12.9 Å². The zero-order valence-electron chi connectivity index (χ0n) is 13.1. The van der Waals surface area contributed by atoms with Crippen LogP contribution < -0.4 is 0 Å². The normalized spacial score (nSPS) is 11.8. The van der Waals surface area contributed by atoms with Crippen molar-refractivity contribution in [3.05, 3.63) is 65.9 Å². The number of pyridine rings is 1. The maximum Gasteiger partial charge on any atom is 0.0780 e. The van der Waals surface area contributed by atoms with Crippen molar-refractivity contribution in [1.82, 2.24) is 4.98 Å². The number of hydrogen-bond donors (Lipinski definition) is 0. The van der Waals surface area contributed by atoms with Crippen molar-refractivity contribution in [3.63, 3.8) is 0 Å². The molecule has 0 spiro atoms. The first kappa shape index (κ1) is 13.8. The fourth-order valence-corrected chi connectivity index (χ4v) is 2.59. The maximum absolute atomic E-state index is 4.60. The minimum Gasteiger partial charge on any atom is -0.256 e. The first-order chi connectivity index (χ1) is 9.95. The van der Waals surface area contributed by atoms with Gasteiger partial charge < -0.3 is 0 Å². The van der Waals surface area contributed by atoms with Crippen LogP contribution in [-0.2, 0) is 5.41 Å². The molecule has 0 bridgehead atoms. The number of hydrogen-bond acceptors (Lipinski definition) is 1. The summed E-state index contributed by atoms with van der Waals surface area (Å²) in [5, 5.41) is 2.47. The molecule has 0 aliphatic carbocycles. The Morgan fingerprint density at radius 1 is 0.857 bits per heavy atom. The first-order valence-electron chi connectivity index (χ1n) is 7.41. The van der Waals surface area contributed by atoms with Gasteiger partial charge in [0.15, 0.2) is 0 Å². The van der Waals surface area contributed by atoms with Crippen LogP contribution >= 0.6 is 0 Å². The number of rotatable bonds is 1. The summed E-state index contributed by atoms with van der Waals surface area (Å²) >= 11 is 0. The number of benzene rings is 2. The Bertz CT molecular complexity index is 777. The second-order valence-electron chi connectivity index (χ2n) is 6.71. The van der Waals surface area contributed by atoms with Crippen molar-refractivity contribution >= 4 is 10.8 Å². The quantitative estimate of drug-likeness (QED) is 0.571. The molecule has 0 aliphatic heterocycles. The van der Waals surface area contributed by atoms with Gasteiger partial charge in [0.05, 0.1) is 5.69 Å². The smallest absolute Gasteiger partial charge is 0.0780 e. The highest BCUT2D eigenvalue weighted by Gasteiger charge is 2.14. The Kier molecular flexibility index (Phi) is 3.29. The van der Waals surface area contributed by atoms with E-state index >= 15 is 0 Å². The van der Waals surface area contributed by atoms with Crippen molar-refractivity contribution in [2.24, 2.45) is 0 Å². The molecule has 3 rings (SSSR count). The van der Waals surface area contributed by atoms with Crippen LogP contribution in [0.2, 0.25) is 0 Å². The molecule has 0 atom stereocenters. The van der Waals surface area contributed by atoms with Crippen LogP contribution in [0.5, 0.6) is 0 Å². The summed E-state index contributed by atoms with van der Waals surface area (Å²) in [4.78, 5) is 4.60. The Morgan fingerprint density at radius 3 is 2.24 bits per heavy atom. The molecule has 0 radical (unpaired) electrons. The fourth-order valence-electron chi connectivity index (χ4n) is 2.59. The molecule has 106 valence electrons. The zero-order valence-corrected chi connectivity index (χ0v) is 13.1. The molecule has 0 unspecified atom stereocenters. The lowest BCUT2D eigenvalue weighted by atomic mass is 9.85. The lowest BCUT2D eigenvalue weighted by molar-refractivity contribution is 0.591. The monoisotopic (exact) mass is 275 g/mol. The van der Waals surface area contributed by atoms with Gasteiger partial charge in [-0.05, 0) is 29.4 Å². The third-order valence-electron chi connectivity index (χ3n) is 3.96. The van der Waals surface area contributed by atoms with E-state index in [0.717, 1.165) is 5.69 Å². The van der Waals surface area contributed by atoms with Crippen molar-refractivity contribution in [2.45, 2.75) is 33.1 Å². The zero-order chi connectivity index (χ0) is 15.0. The van der Waals surface area contributed by atoms with E-state index in [2.05, 4.69) is 81.2 Å². The van der Waals surface area contributed by atoms with Crippen LogP contribution in [0.3, 0.4) is 0 Å². The molecule has 0 aliphatic rings. The molecule has 1 heterocycles. The van der Waals surface area contributed by atoms with E-state index in [9.17, 15) is 0 Å². The van der Waals surface area contributed by atoms with E-state index in [4.69, 9.17) is 0 Å². The van der Waals surface area contributed by atoms with Gasteiger partial charge in [0.25, 0.3) is 0 Å². The number of fused-ring (bicyclic) bond motifs is 1. The van der Waals surface area contributed by atoms with Gasteiger partial charge in [-0.1, -0.05) is 68.8 Å². The highest BCUT2D eigenvalue weighted by atomic mass is 14.7. The van der Waals surface area contributed by atoms with Gasteiger partial charge in [0.1, 0.15) is 0 Å². The summed E-state index contributed by atoms with van der Waals surface area (Å²) < 4.78 is 0. The molecular weight excluding hydrogens is 254 g/mol. The molecule has 3 aromatic rings. The number of aryl methyl sites for hydroxylation is 1. The lowest BCUT2D eigenvalue weighted by Gasteiger charge is -2.19. The minimum atomic E-state index is 0.168. The number of nitrogens with zero attached hydrogens (tertiary/aromatic N) is 1. The molecule has 1 aromatic heterocycles. The van der Waals surface area contributed by atoms with Crippen LogP contribution in [0.15, 0.2) is 54.7 Å². The van der Waals surface area contributed by atoms with Crippen molar-refractivity contribution < 1.29 is 0 Å². The summed E-state index contributed by atoms with van der Waals surface area (Å²) in [7, 11) is 0. The summed E-state index contributed by atoms with van der Waals surface area (Å²) in [6.07, 6.45) is 1.91. The first-order valence-corrected chi connectivity index (χ1v) is 7.41. The van der Waals surface area contributed by atoms with Crippen molar-refractivity contribution in [3.8, 4) is 11.3 Å². The van der Waals surface area contributed by atoms with Crippen molar-refractivity contribution in [1.29, 1.82) is 0 Å².